The minimum atomic E-state index is -0.232. The first-order valence-corrected chi connectivity index (χ1v) is 9.60. The Morgan fingerprint density at radius 3 is 2.52 bits per heavy atom. The Hall–Kier alpha value is -2.57. The molecule has 5 nitrogen and oxygen atoms in total. The molecule has 0 unspecified atom stereocenters. The molecule has 0 radical (unpaired) electrons. The first kappa shape index (κ1) is 19.2. The number of rotatable bonds is 7. The molecular formula is C21H23N3O2S. The highest BCUT2D eigenvalue weighted by Gasteiger charge is 2.24. The fraction of sp³-hybridized carbons (Fsp3) is 0.238. The van der Waals surface area contributed by atoms with Crippen molar-refractivity contribution in [3.05, 3.63) is 77.7 Å². The summed E-state index contributed by atoms with van der Waals surface area (Å²) in [5.74, 6) is -0.0444. The first-order chi connectivity index (χ1) is 13.1. The van der Waals surface area contributed by atoms with Gasteiger partial charge in [-0.05, 0) is 41.3 Å². The maximum atomic E-state index is 12.6. The van der Waals surface area contributed by atoms with Crippen LogP contribution in [0.4, 0.5) is 0 Å². The Labute approximate surface area is 163 Å². The van der Waals surface area contributed by atoms with E-state index in [1.54, 1.807) is 24.2 Å². The van der Waals surface area contributed by atoms with Gasteiger partial charge in [-0.3, -0.25) is 14.6 Å². The van der Waals surface area contributed by atoms with E-state index in [1.807, 2.05) is 36.5 Å². The zero-order valence-electron chi connectivity index (χ0n) is 15.7. The van der Waals surface area contributed by atoms with Crippen molar-refractivity contribution in [2.24, 2.45) is 0 Å². The van der Waals surface area contributed by atoms with E-state index in [0.29, 0.717) is 12.1 Å². The van der Waals surface area contributed by atoms with Crippen LogP contribution in [0.3, 0.4) is 0 Å². The van der Waals surface area contributed by atoms with Crippen LogP contribution in [-0.2, 0) is 11.4 Å². The number of hydrogen-bond acceptors (Lipinski definition) is 4. The number of benzene rings is 1. The van der Waals surface area contributed by atoms with Crippen LogP contribution < -0.4 is 5.48 Å². The summed E-state index contributed by atoms with van der Waals surface area (Å²) < 4.78 is 2.13. The Morgan fingerprint density at radius 2 is 1.89 bits per heavy atom. The maximum Gasteiger partial charge on any atom is 0.276 e. The van der Waals surface area contributed by atoms with Crippen LogP contribution in [0.15, 0.2) is 71.0 Å². The molecule has 0 atom stereocenters. The molecule has 0 aliphatic rings. The number of carbonyl (C=O) groups is 1. The lowest BCUT2D eigenvalue weighted by Gasteiger charge is -2.14. The van der Waals surface area contributed by atoms with Crippen molar-refractivity contribution < 1.29 is 9.63 Å². The van der Waals surface area contributed by atoms with E-state index in [9.17, 15) is 4.79 Å². The van der Waals surface area contributed by atoms with Gasteiger partial charge in [-0.15, -0.1) is 0 Å². The molecule has 2 heterocycles. The summed E-state index contributed by atoms with van der Waals surface area (Å²) in [7, 11) is 1.44. The highest BCUT2D eigenvalue weighted by atomic mass is 32.2. The second-order valence-electron chi connectivity index (χ2n) is 6.45. The van der Waals surface area contributed by atoms with Gasteiger partial charge in [0.2, 0.25) is 0 Å². The summed E-state index contributed by atoms with van der Waals surface area (Å²) in [6, 6.07) is 14.2. The van der Waals surface area contributed by atoms with E-state index in [4.69, 9.17) is 4.84 Å². The van der Waals surface area contributed by atoms with Crippen LogP contribution in [-0.4, -0.2) is 22.6 Å². The fourth-order valence-corrected chi connectivity index (χ4v) is 4.16. The number of aromatic nitrogens is 2. The molecule has 0 spiro atoms. The normalized spacial score (nSPS) is 11.0. The van der Waals surface area contributed by atoms with Gasteiger partial charge in [0.05, 0.1) is 17.7 Å². The smallest absolute Gasteiger partial charge is 0.276 e. The van der Waals surface area contributed by atoms with Gasteiger partial charge in [-0.25, -0.2) is 5.48 Å². The van der Waals surface area contributed by atoms with Crippen LogP contribution in [0.25, 0.3) is 0 Å². The Morgan fingerprint density at radius 1 is 1.19 bits per heavy atom. The monoisotopic (exact) mass is 381 g/mol. The highest BCUT2D eigenvalue weighted by molar-refractivity contribution is 7.99. The molecular weight excluding hydrogens is 358 g/mol. The molecule has 140 valence electrons. The summed E-state index contributed by atoms with van der Waals surface area (Å²) in [5, 5.41) is 1.06. The molecule has 1 aromatic carbocycles. The zero-order valence-corrected chi connectivity index (χ0v) is 16.5. The first-order valence-electron chi connectivity index (χ1n) is 8.78. The van der Waals surface area contributed by atoms with Crippen LogP contribution in [0.5, 0.6) is 0 Å². The second kappa shape index (κ2) is 8.88. The predicted octanol–water partition coefficient (Wildman–Crippen LogP) is 4.50. The summed E-state index contributed by atoms with van der Waals surface area (Å²) in [4.78, 5) is 22.6. The number of pyridine rings is 1. The standard InChI is InChI=1S/C21H23N3O2S/c1-15(2)19-18(20(25)23-26-3)14-24(13-16-9-11-22-12-10-16)21(19)27-17-7-5-4-6-8-17/h4-12,14-15H,13H2,1-3H3,(H,23,25). The molecule has 3 aromatic rings. The molecule has 0 bridgehead atoms. The molecule has 0 saturated carbocycles. The molecule has 0 aliphatic heterocycles. The zero-order chi connectivity index (χ0) is 19.2. The second-order valence-corrected chi connectivity index (χ2v) is 7.51. The number of hydrogen-bond donors (Lipinski definition) is 1. The van der Waals surface area contributed by atoms with Crippen LogP contribution >= 0.6 is 11.8 Å². The van der Waals surface area contributed by atoms with Gasteiger partial charge in [-0.1, -0.05) is 43.8 Å². The number of nitrogens with one attached hydrogen (secondary N) is 1. The third kappa shape index (κ3) is 4.59. The SMILES string of the molecule is CONC(=O)c1cn(Cc2ccncc2)c(Sc2ccccc2)c1C(C)C. The van der Waals surface area contributed by atoms with Crippen LogP contribution in [0, 0.1) is 0 Å². The molecule has 0 aliphatic carbocycles. The van der Waals surface area contributed by atoms with E-state index in [0.717, 1.165) is 21.0 Å². The van der Waals surface area contributed by atoms with Crippen molar-refractivity contribution in [2.75, 3.05) is 7.11 Å². The Kier molecular flexibility index (Phi) is 6.32. The number of amides is 1. The van der Waals surface area contributed by atoms with Gasteiger partial charge >= 0.3 is 0 Å². The lowest BCUT2D eigenvalue weighted by atomic mass is 10.0. The van der Waals surface area contributed by atoms with Crippen molar-refractivity contribution >= 4 is 17.7 Å². The summed E-state index contributed by atoms with van der Waals surface area (Å²) in [6.07, 6.45) is 5.48. The summed E-state index contributed by atoms with van der Waals surface area (Å²) in [5.41, 5.74) is 5.24. The average Bonchev–Trinajstić information content (AvgIpc) is 3.02. The third-order valence-corrected chi connectivity index (χ3v) is 5.30. The molecule has 3 rings (SSSR count). The van der Waals surface area contributed by atoms with Crippen molar-refractivity contribution in [3.8, 4) is 0 Å². The molecule has 0 fully saturated rings. The van der Waals surface area contributed by atoms with Gasteiger partial charge < -0.3 is 4.57 Å². The van der Waals surface area contributed by atoms with Crippen molar-refractivity contribution in [1.29, 1.82) is 0 Å². The van der Waals surface area contributed by atoms with Crippen molar-refractivity contribution in [1.82, 2.24) is 15.0 Å². The average molecular weight is 382 g/mol. The van der Waals surface area contributed by atoms with E-state index in [2.05, 4.69) is 41.0 Å². The third-order valence-electron chi connectivity index (χ3n) is 4.14. The lowest BCUT2D eigenvalue weighted by molar-refractivity contribution is 0.0536. The number of hydroxylamine groups is 1. The highest BCUT2D eigenvalue weighted by Crippen LogP contribution is 2.37. The Balaban J connectivity index is 2.08. The molecule has 27 heavy (non-hydrogen) atoms. The largest absolute Gasteiger partial charge is 0.337 e. The number of nitrogens with zero attached hydrogens (tertiary/aromatic N) is 2. The van der Waals surface area contributed by atoms with Crippen molar-refractivity contribution in [3.63, 3.8) is 0 Å². The molecule has 2 aromatic heterocycles. The number of carbonyl (C=O) groups excluding carboxylic acids is 1. The Bertz CT molecular complexity index is 893. The molecule has 0 saturated heterocycles. The van der Waals surface area contributed by atoms with Crippen LogP contribution in [0.1, 0.15) is 41.3 Å². The molecule has 1 N–H and O–H groups in total. The summed E-state index contributed by atoms with van der Waals surface area (Å²) >= 11 is 1.67. The van der Waals surface area contributed by atoms with E-state index in [1.165, 1.54) is 7.11 Å². The van der Waals surface area contributed by atoms with Crippen LogP contribution in [0.2, 0.25) is 0 Å². The maximum absolute atomic E-state index is 12.6. The molecule has 6 heteroatoms. The lowest BCUT2D eigenvalue weighted by Crippen LogP contribution is -2.22. The van der Waals surface area contributed by atoms with Gasteiger partial charge in [-0.2, -0.15) is 0 Å². The minimum absolute atomic E-state index is 0.188. The topological polar surface area (TPSA) is 56.1 Å². The van der Waals surface area contributed by atoms with Gasteiger partial charge in [0.25, 0.3) is 5.91 Å². The summed E-state index contributed by atoms with van der Waals surface area (Å²) in [6.45, 7) is 4.87. The van der Waals surface area contributed by atoms with E-state index >= 15 is 0 Å². The molecule has 1 amide bonds. The quantitative estimate of drug-likeness (QED) is 0.612. The minimum Gasteiger partial charge on any atom is -0.337 e. The van der Waals surface area contributed by atoms with Gasteiger partial charge in [0, 0.05) is 30.0 Å². The van der Waals surface area contributed by atoms with E-state index in [-0.39, 0.29) is 11.8 Å². The van der Waals surface area contributed by atoms with Gasteiger partial charge in [0.15, 0.2) is 0 Å². The van der Waals surface area contributed by atoms with Gasteiger partial charge in [0.1, 0.15) is 0 Å². The van der Waals surface area contributed by atoms with Crippen molar-refractivity contribution in [2.45, 2.75) is 36.2 Å². The predicted molar refractivity (Wildman–Crippen MR) is 107 cm³/mol. The van der Waals surface area contributed by atoms with E-state index < -0.39 is 0 Å². The fourth-order valence-electron chi connectivity index (χ4n) is 2.96.